The first kappa shape index (κ1) is 12.1. The third kappa shape index (κ3) is 2.65. The van der Waals surface area contributed by atoms with Crippen LogP contribution in [-0.2, 0) is 9.53 Å². The minimum absolute atomic E-state index is 0.369. The average Bonchev–Trinajstić information content (AvgIpc) is 3.09. The molecule has 0 radical (unpaired) electrons. The molecule has 0 aromatic carbocycles. The second-order valence-electron chi connectivity index (χ2n) is 5.81. The number of carbonyl (C=O) groups excluding carboxylic acids is 1. The molecule has 0 aromatic heterocycles. The molecule has 0 aromatic rings. The minimum Gasteiger partial charge on any atom is -0.370 e. The number of hydrogen-bond donors (Lipinski definition) is 0. The van der Waals surface area contributed by atoms with Gasteiger partial charge < -0.3 is 4.74 Å². The zero-order valence-electron chi connectivity index (χ0n) is 10.6. The molecule has 2 unspecified atom stereocenters. The SMILES string of the molecule is COC1(C(=O)CCC2CC2)CCCC(C)C1. The lowest BCUT2D eigenvalue weighted by Crippen LogP contribution is -2.44. The molecule has 92 valence electrons. The van der Waals surface area contributed by atoms with Gasteiger partial charge in [0.05, 0.1) is 0 Å². The maximum Gasteiger partial charge on any atom is 0.164 e. The van der Waals surface area contributed by atoms with Gasteiger partial charge in [0, 0.05) is 13.5 Å². The maximum atomic E-state index is 12.3. The van der Waals surface area contributed by atoms with Gasteiger partial charge >= 0.3 is 0 Å². The number of carbonyl (C=O) groups is 1. The largest absolute Gasteiger partial charge is 0.370 e. The Morgan fingerprint density at radius 2 is 2.12 bits per heavy atom. The van der Waals surface area contributed by atoms with E-state index in [1.54, 1.807) is 7.11 Å². The molecule has 2 heteroatoms. The number of methoxy groups -OCH3 is 1. The molecule has 0 saturated heterocycles. The molecule has 2 rings (SSSR count). The van der Waals surface area contributed by atoms with Crippen LogP contribution in [0.3, 0.4) is 0 Å². The first-order chi connectivity index (χ1) is 7.66. The normalized spacial score (nSPS) is 35.0. The molecule has 0 spiro atoms. The van der Waals surface area contributed by atoms with Crippen molar-refractivity contribution in [2.75, 3.05) is 7.11 Å². The Balaban J connectivity index is 1.92. The van der Waals surface area contributed by atoms with Crippen LogP contribution in [0.1, 0.15) is 58.3 Å². The van der Waals surface area contributed by atoms with E-state index in [0.717, 1.165) is 38.0 Å². The fourth-order valence-electron chi connectivity index (χ4n) is 3.03. The van der Waals surface area contributed by atoms with E-state index in [1.165, 1.54) is 19.3 Å². The van der Waals surface area contributed by atoms with Crippen LogP contribution >= 0.6 is 0 Å². The van der Waals surface area contributed by atoms with Crippen LogP contribution in [0.5, 0.6) is 0 Å². The van der Waals surface area contributed by atoms with Gasteiger partial charge in [-0.2, -0.15) is 0 Å². The molecular formula is C14H24O2. The lowest BCUT2D eigenvalue weighted by atomic mass is 9.75. The Labute approximate surface area is 98.7 Å². The van der Waals surface area contributed by atoms with Gasteiger partial charge in [-0.15, -0.1) is 0 Å². The van der Waals surface area contributed by atoms with Crippen LogP contribution in [0, 0.1) is 11.8 Å². The fraction of sp³-hybridized carbons (Fsp3) is 0.929. The maximum absolute atomic E-state index is 12.3. The van der Waals surface area contributed by atoms with Crippen molar-refractivity contribution in [3.8, 4) is 0 Å². The second kappa shape index (κ2) is 4.87. The van der Waals surface area contributed by atoms with Crippen LogP contribution in [0.2, 0.25) is 0 Å². The number of hydrogen-bond acceptors (Lipinski definition) is 2. The molecular weight excluding hydrogens is 200 g/mol. The van der Waals surface area contributed by atoms with Gasteiger partial charge in [0.15, 0.2) is 5.78 Å². The van der Waals surface area contributed by atoms with E-state index in [2.05, 4.69) is 6.92 Å². The van der Waals surface area contributed by atoms with Gasteiger partial charge in [-0.25, -0.2) is 0 Å². The molecule has 16 heavy (non-hydrogen) atoms. The molecule has 2 nitrogen and oxygen atoms in total. The van der Waals surface area contributed by atoms with E-state index in [4.69, 9.17) is 4.74 Å². The van der Waals surface area contributed by atoms with Gasteiger partial charge in [-0.3, -0.25) is 4.79 Å². The molecule has 2 aliphatic rings. The van der Waals surface area contributed by atoms with E-state index in [9.17, 15) is 4.79 Å². The molecule has 0 bridgehead atoms. The summed E-state index contributed by atoms with van der Waals surface area (Å²) in [5.74, 6) is 1.85. The third-order valence-corrected chi connectivity index (χ3v) is 4.33. The van der Waals surface area contributed by atoms with Crippen molar-refractivity contribution in [3.05, 3.63) is 0 Å². The Bertz CT molecular complexity index is 257. The molecule has 2 fully saturated rings. The number of Topliss-reactive ketones (excluding diaryl/α,β-unsaturated/α-hetero) is 1. The van der Waals surface area contributed by atoms with Crippen molar-refractivity contribution in [2.24, 2.45) is 11.8 Å². The highest BCUT2D eigenvalue weighted by Crippen LogP contribution is 2.39. The first-order valence-corrected chi connectivity index (χ1v) is 6.75. The summed E-state index contributed by atoms with van der Waals surface area (Å²) in [5, 5.41) is 0. The zero-order chi connectivity index (χ0) is 11.6. The molecule has 0 amide bonds. The van der Waals surface area contributed by atoms with Crippen LogP contribution in [0.25, 0.3) is 0 Å². The number of ether oxygens (including phenoxy) is 1. The molecule has 2 saturated carbocycles. The van der Waals surface area contributed by atoms with E-state index in [-0.39, 0.29) is 0 Å². The van der Waals surface area contributed by atoms with Gasteiger partial charge in [-0.05, 0) is 37.5 Å². The van der Waals surface area contributed by atoms with E-state index in [0.29, 0.717) is 11.7 Å². The lowest BCUT2D eigenvalue weighted by molar-refractivity contribution is -0.147. The van der Waals surface area contributed by atoms with Crippen LogP contribution < -0.4 is 0 Å². The van der Waals surface area contributed by atoms with Gasteiger partial charge in [0.2, 0.25) is 0 Å². The Hall–Kier alpha value is -0.370. The quantitative estimate of drug-likeness (QED) is 0.716. The van der Waals surface area contributed by atoms with Gasteiger partial charge in [-0.1, -0.05) is 26.2 Å². The molecule has 2 atom stereocenters. The highest BCUT2D eigenvalue weighted by Gasteiger charge is 2.41. The van der Waals surface area contributed by atoms with Crippen molar-refractivity contribution in [2.45, 2.75) is 63.9 Å². The van der Waals surface area contributed by atoms with E-state index < -0.39 is 5.60 Å². The summed E-state index contributed by atoms with van der Waals surface area (Å²) in [7, 11) is 1.72. The summed E-state index contributed by atoms with van der Waals surface area (Å²) in [6.07, 6.45) is 8.78. The van der Waals surface area contributed by atoms with E-state index >= 15 is 0 Å². The topological polar surface area (TPSA) is 26.3 Å². The Morgan fingerprint density at radius 3 is 2.69 bits per heavy atom. The van der Waals surface area contributed by atoms with E-state index in [1.807, 2.05) is 0 Å². The summed E-state index contributed by atoms with van der Waals surface area (Å²) < 4.78 is 5.61. The van der Waals surface area contributed by atoms with Crippen molar-refractivity contribution in [3.63, 3.8) is 0 Å². The predicted molar refractivity (Wildman–Crippen MR) is 64.3 cm³/mol. The third-order valence-electron chi connectivity index (χ3n) is 4.33. The second-order valence-corrected chi connectivity index (χ2v) is 5.81. The van der Waals surface area contributed by atoms with Crippen LogP contribution in [0.15, 0.2) is 0 Å². The predicted octanol–water partition coefficient (Wildman–Crippen LogP) is 3.34. The molecule has 2 aliphatic carbocycles. The van der Waals surface area contributed by atoms with Crippen molar-refractivity contribution >= 4 is 5.78 Å². The Kier molecular flexibility index (Phi) is 3.68. The first-order valence-electron chi connectivity index (χ1n) is 6.75. The smallest absolute Gasteiger partial charge is 0.164 e. The monoisotopic (exact) mass is 224 g/mol. The molecule has 0 heterocycles. The Morgan fingerprint density at radius 1 is 1.38 bits per heavy atom. The summed E-state index contributed by atoms with van der Waals surface area (Å²) in [6.45, 7) is 2.24. The van der Waals surface area contributed by atoms with Gasteiger partial charge in [0.25, 0.3) is 0 Å². The highest BCUT2D eigenvalue weighted by molar-refractivity contribution is 5.87. The summed E-state index contributed by atoms with van der Waals surface area (Å²) in [5.41, 5.74) is -0.424. The molecule has 0 aliphatic heterocycles. The standard InChI is InChI=1S/C14H24O2/c1-11-4-3-9-14(10-11,16-2)13(15)8-7-12-5-6-12/h11-12H,3-10H2,1-2H3. The minimum atomic E-state index is -0.424. The average molecular weight is 224 g/mol. The lowest BCUT2D eigenvalue weighted by Gasteiger charge is -2.37. The summed E-state index contributed by atoms with van der Waals surface area (Å²) in [4.78, 5) is 12.3. The zero-order valence-corrected chi connectivity index (χ0v) is 10.6. The van der Waals surface area contributed by atoms with Crippen molar-refractivity contribution in [1.82, 2.24) is 0 Å². The summed E-state index contributed by atoms with van der Waals surface area (Å²) >= 11 is 0. The highest BCUT2D eigenvalue weighted by atomic mass is 16.5. The van der Waals surface area contributed by atoms with Crippen molar-refractivity contribution < 1.29 is 9.53 Å². The van der Waals surface area contributed by atoms with Crippen LogP contribution in [-0.4, -0.2) is 18.5 Å². The van der Waals surface area contributed by atoms with Gasteiger partial charge in [0.1, 0.15) is 5.60 Å². The molecule has 0 N–H and O–H groups in total. The van der Waals surface area contributed by atoms with Crippen molar-refractivity contribution in [1.29, 1.82) is 0 Å². The van der Waals surface area contributed by atoms with Crippen LogP contribution in [0.4, 0.5) is 0 Å². The summed E-state index contributed by atoms with van der Waals surface area (Å²) in [6, 6.07) is 0. The fourth-order valence-corrected chi connectivity index (χ4v) is 3.03. The number of ketones is 1. The number of rotatable bonds is 5.